The molecule has 1 aromatic carbocycles. The van der Waals surface area contributed by atoms with Gasteiger partial charge in [0, 0.05) is 7.05 Å². The van der Waals surface area contributed by atoms with Gasteiger partial charge in [0.15, 0.2) is 5.82 Å². The maximum Gasteiger partial charge on any atom is 0.157 e. The molecular formula is C11H12N4. The van der Waals surface area contributed by atoms with Crippen LogP contribution in [0.15, 0.2) is 24.3 Å². The molecule has 76 valence electrons. The standard InChI is InChI=1S/C11H12N4/c1-8-12-13-11-7-14(2)9-5-3-4-6-10(9)15(8)11/h3-6H,7H2,1-2H3. The zero-order valence-electron chi connectivity index (χ0n) is 8.81. The van der Waals surface area contributed by atoms with E-state index >= 15 is 0 Å². The van der Waals surface area contributed by atoms with Crippen LogP contribution in [0.1, 0.15) is 11.6 Å². The van der Waals surface area contributed by atoms with Crippen LogP contribution < -0.4 is 4.90 Å². The molecule has 0 spiro atoms. The van der Waals surface area contributed by atoms with Crippen molar-refractivity contribution in [2.75, 3.05) is 11.9 Å². The summed E-state index contributed by atoms with van der Waals surface area (Å²) in [4.78, 5) is 2.19. The van der Waals surface area contributed by atoms with Crippen molar-refractivity contribution in [2.45, 2.75) is 13.5 Å². The number of fused-ring (bicyclic) bond motifs is 3. The summed E-state index contributed by atoms with van der Waals surface area (Å²) in [7, 11) is 2.08. The SMILES string of the molecule is Cc1nnc2n1-c1ccccc1N(C)C2. The maximum absolute atomic E-state index is 4.18. The van der Waals surface area contributed by atoms with Crippen LogP contribution in [0.2, 0.25) is 0 Å². The molecule has 0 saturated carbocycles. The van der Waals surface area contributed by atoms with Gasteiger partial charge < -0.3 is 4.90 Å². The van der Waals surface area contributed by atoms with Crippen molar-refractivity contribution in [3.05, 3.63) is 35.9 Å². The van der Waals surface area contributed by atoms with E-state index < -0.39 is 0 Å². The Hall–Kier alpha value is -1.84. The summed E-state index contributed by atoms with van der Waals surface area (Å²) in [6.45, 7) is 2.80. The Bertz CT molecular complexity index is 515. The molecule has 4 heteroatoms. The number of rotatable bonds is 0. The number of para-hydroxylation sites is 2. The molecule has 15 heavy (non-hydrogen) atoms. The Balaban J connectivity index is 2.32. The van der Waals surface area contributed by atoms with E-state index in [2.05, 4.69) is 44.9 Å². The predicted molar refractivity (Wildman–Crippen MR) is 58.2 cm³/mol. The van der Waals surface area contributed by atoms with E-state index in [-0.39, 0.29) is 0 Å². The fourth-order valence-corrected chi connectivity index (χ4v) is 2.10. The first kappa shape index (κ1) is 8.47. The third-order valence-corrected chi connectivity index (χ3v) is 2.80. The Morgan fingerprint density at radius 1 is 1.13 bits per heavy atom. The quantitative estimate of drug-likeness (QED) is 0.646. The molecule has 1 aliphatic heterocycles. The number of anilines is 1. The summed E-state index contributed by atoms with van der Waals surface area (Å²) in [5.74, 6) is 1.96. The number of hydrogen-bond acceptors (Lipinski definition) is 3. The predicted octanol–water partition coefficient (Wildman–Crippen LogP) is 1.53. The van der Waals surface area contributed by atoms with E-state index in [9.17, 15) is 0 Å². The van der Waals surface area contributed by atoms with Gasteiger partial charge in [0.05, 0.1) is 17.9 Å². The van der Waals surface area contributed by atoms with Gasteiger partial charge in [-0.1, -0.05) is 12.1 Å². The van der Waals surface area contributed by atoms with Crippen molar-refractivity contribution < 1.29 is 0 Å². The molecule has 0 unspecified atom stereocenters. The van der Waals surface area contributed by atoms with Crippen LogP contribution >= 0.6 is 0 Å². The molecule has 0 fully saturated rings. The summed E-state index contributed by atoms with van der Waals surface area (Å²) in [5.41, 5.74) is 2.40. The Morgan fingerprint density at radius 2 is 1.87 bits per heavy atom. The minimum atomic E-state index is 0.817. The van der Waals surface area contributed by atoms with Crippen molar-refractivity contribution in [2.24, 2.45) is 0 Å². The van der Waals surface area contributed by atoms with Gasteiger partial charge in [-0.05, 0) is 19.1 Å². The summed E-state index contributed by atoms with van der Waals surface area (Å²) < 4.78 is 2.12. The van der Waals surface area contributed by atoms with Gasteiger partial charge in [-0.2, -0.15) is 0 Å². The lowest BCUT2D eigenvalue weighted by molar-refractivity contribution is 0.764. The second-order valence-electron chi connectivity index (χ2n) is 3.84. The second-order valence-corrected chi connectivity index (χ2v) is 3.84. The normalized spacial score (nSPS) is 13.6. The van der Waals surface area contributed by atoms with E-state index in [1.54, 1.807) is 0 Å². The Kier molecular flexibility index (Phi) is 1.59. The molecule has 3 rings (SSSR count). The first-order valence-electron chi connectivity index (χ1n) is 4.99. The molecule has 1 aliphatic rings. The van der Waals surface area contributed by atoms with Crippen LogP contribution in [0.25, 0.3) is 5.69 Å². The molecule has 1 aromatic heterocycles. The molecule has 0 amide bonds. The summed E-state index contributed by atoms with van der Waals surface area (Å²) >= 11 is 0. The number of benzene rings is 1. The van der Waals surface area contributed by atoms with E-state index in [0.717, 1.165) is 18.2 Å². The number of aryl methyl sites for hydroxylation is 1. The van der Waals surface area contributed by atoms with Crippen LogP contribution in [0.3, 0.4) is 0 Å². The fourth-order valence-electron chi connectivity index (χ4n) is 2.10. The van der Waals surface area contributed by atoms with Crippen LogP contribution in [-0.4, -0.2) is 21.8 Å². The highest BCUT2D eigenvalue weighted by atomic mass is 15.3. The minimum absolute atomic E-state index is 0.817. The third-order valence-electron chi connectivity index (χ3n) is 2.80. The van der Waals surface area contributed by atoms with Gasteiger partial charge in [-0.25, -0.2) is 0 Å². The molecule has 0 saturated heterocycles. The van der Waals surface area contributed by atoms with Crippen molar-refractivity contribution >= 4 is 5.69 Å². The smallest absolute Gasteiger partial charge is 0.157 e. The molecule has 0 aliphatic carbocycles. The van der Waals surface area contributed by atoms with Gasteiger partial charge in [-0.15, -0.1) is 10.2 Å². The van der Waals surface area contributed by atoms with Gasteiger partial charge in [-0.3, -0.25) is 4.57 Å². The van der Waals surface area contributed by atoms with Crippen molar-refractivity contribution in [1.29, 1.82) is 0 Å². The van der Waals surface area contributed by atoms with Gasteiger partial charge >= 0.3 is 0 Å². The number of aromatic nitrogens is 3. The molecular weight excluding hydrogens is 188 g/mol. The van der Waals surface area contributed by atoms with E-state index in [1.165, 1.54) is 11.4 Å². The molecule has 2 heterocycles. The van der Waals surface area contributed by atoms with Gasteiger partial charge in [0.25, 0.3) is 0 Å². The van der Waals surface area contributed by atoms with Gasteiger partial charge in [0.2, 0.25) is 0 Å². The number of nitrogens with zero attached hydrogens (tertiary/aromatic N) is 4. The topological polar surface area (TPSA) is 34.0 Å². The molecule has 2 aromatic rings. The monoisotopic (exact) mass is 200 g/mol. The highest BCUT2D eigenvalue weighted by molar-refractivity contribution is 5.65. The zero-order valence-corrected chi connectivity index (χ0v) is 8.81. The molecule has 0 radical (unpaired) electrons. The van der Waals surface area contributed by atoms with E-state index in [0.29, 0.717) is 0 Å². The van der Waals surface area contributed by atoms with Crippen LogP contribution in [0.5, 0.6) is 0 Å². The largest absolute Gasteiger partial charge is 0.365 e. The van der Waals surface area contributed by atoms with Crippen molar-refractivity contribution in [1.82, 2.24) is 14.8 Å². The fraction of sp³-hybridized carbons (Fsp3) is 0.273. The lowest BCUT2D eigenvalue weighted by Gasteiger charge is -2.28. The average Bonchev–Trinajstić information content (AvgIpc) is 2.61. The highest BCUT2D eigenvalue weighted by Gasteiger charge is 2.21. The molecule has 0 bridgehead atoms. The second kappa shape index (κ2) is 2.82. The highest BCUT2D eigenvalue weighted by Crippen LogP contribution is 2.30. The van der Waals surface area contributed by atoms with Gasteiger partial charge in [0.1, 0.15) is 5.82 Å². The average molecular weight is 200 g/mol. The zero-order chi connectivity index (χ0) is 10.4. The lowest BCUT2D eigenvalue weighted by Crippen LogP contribution is -2.25. The third kappa shape index (κ3) is 1.08. The molecule has 0 N–H and O–H groups in total. The van der Waals surface area contributed by atoms with E-state index in [4.69, 9.17) is 0 Å². The maximum atomic E-state index is 4.18. The van der Waals surface area contributed by atoms with Crippen molar-refractivity contribution in [3.8, 4) is 5.69 Å². The minimum Gasteiger partial charge on any atom is -0.365 e. The van der Waals surface area contributed by atoms with Crippen LogP contribution in [-0.2, 0) is 6.54 Å². The lowest BCUT2D eigenvalue weighted by atomic mass is 10.2. The summed E-state index contributed by atoms with van der Waals surface area (Å²) in [6, 6.07) is 8.32. The Labute approximate surface area is 88.2 Å². The Morgan fingerprint density at radius 3 is 2.67 bits per heavy atom. The number of hydrogen-bond donors (Lipinski definition) is 0. The van der Waals surface area contributed by atoms with Crippen molar-refractivity contribution in [3.63, 3.8) is 0 Å². The summed E-state index contributed by atoms with van der Waals surface area (Å²) in [5, 5.41) is 8.29. The summed E-state index contributed by atoms with van der Waals surface area (Å²) in [6.07, 6.45) is 0. The van der Waals surface area contributed by atoms with Crippen LogP contribution in [0.4, 0.5) is 5.69 Å². The molecule has 0 atom stereocenters. The van der Waals surface area contributed by atoms with E-state index in [1.807, 2.05) is 13.0 Å². The first-order valence-corrected chi connectivity index (χ1v) is 4.99. The first-order chi connectivity index (χ1) is 7.27. The van der Waals surface area contributed by atoms with Crippen LogP contribution in [0, 0.1) is 6.92 Å². The molecule has 4 nitrogen and oxygen atoms in total.